The fourth-order valence-corrected chi connectivity index (χ4v) is 2.11. The molecule has 0 amide bonds. The van der Waals surface area contributed by atoms with Crippen molar-refractivity contribution in [1.29, 1.82) is 5.26 Å². The molecule has 0 N–H and O–H groups in total. The molecule has 92 valence electrons. The zero-order valence-electron chi connectivity index (χ0n) is 11.2. The van der Waals surface area contributed by atoms with Crippen molar-refractivity contribution in [2.45, 2.75) is 40.0 Å². The second-order valence-corrected chi connectivity index (χ2v) is 4.59. The third kappa shape index (κ3) is 3.00. The standard InChI is InChI=1S/C15H21NO/c1-5-15(6-2,11-16)10-13-9-12(3)7-8-14(13)17-4/h7-9H,5-6,10H2,1-4H3. The van der Waals surface area contributed by atoms with Gasteiger partial charge in [0.1, 0.15) is 5.75 Å². The maximum atomic E-state index is 9.38. The quantitative estimate of drug-likeness (QED) is 0.770. The van der Waals surface area contributed by atoms with Gasteiger partial charge in [-0.15, -0.1) is 0 Å². The van der Waals surface area contributed by atoms with Crippen LogP contribution >= 0.6 is 0 Å². The molecular formula is C15H21NO. The van der Waals surface area contributed by atoms with Gasteiger partial charge in [-0.2, -0.15) is 5.26 Å². The van der Waals surface area contributed by atoms with E-state index in [1.165, 1.54) is 5.56 Å². The lowest BCUT2D eigenvalue weighted by Crippen LogP contribution is -2.20. The van der Waals surface area contributed by atoms with Crippen molar-refractivity contribution < 1.29 is 4.74 Å². The van der Waals surface area contributed by atoms with Crippen LogP contribution in [0.3, 0.4) is 0 Å². The summed E-state index contributed by atoms with van der Waals surface area (Å²) in [4.78, 5) is 0. The lowest BCUT2D eigenvalue weighted by molar-refractivity contribution is 0.349. The van der Waals surface area contributed by atoms with Crippen molar-refractivity contribution in [3.05, 3.63) is 29.3 Å². The average Bonchev–Trinajstić information content (AvgIpc) is 2.36. The van der Waals surface area contributed by atoms with E-state index in [1.807, 2.05) is 12.1 Å². The highest BCUT2D eigenvalue weighted by molar-refractivity contribution is 5.38. The summed E-state index contributed by atoms with van der Waals surface area (Å²) in [5.74, 6) is 0.886. The normalized spacial score (nSPS) is 11.0. The van der Waals surface area contributed by atoms with Crippen LogP contribution in [0.2, 0.25) is 0 Å². The van der Waals surface area contributed by atoms with Crippen LogP contribution in [0.1, 0.15) is 37.8 Å². The fraction of sp³-hybridized carbons (Fsp3) is 0.533. The van der Waals surface area contributed by atoms with Crippen LogP contribution in [0.15, 0.2) is 18.2 Å². The number of methoxy groups -OCH3 is 1. The van der Waals surface area contributed by atoms with E-state index in [-0.39, 0.29) is 5.41 Å². The van der Waals surface area contributed by atoms with Crippen molar-refractivity contribution >= 4 is 0 Å². The maximum absolute atomic E-state index is 9.38. The molecule has 0 radical (unpaired) electrons. The molecule has 0 unspecified atom stereocenters. The predicted octanol–water partition coefficient (Wildman–Crippen LogP) is 3.88. The summed E-state index contributed by atoms with van der Waals surface area (Å²) in [5.41, 5.74) is 2.08. The zero-order valence-corrected chi connectivity index (χ0v) is 11.2. The number of nitrogens with zero attached hydrogens (tertiary/aromatic N) is 1. The predicted molar refractivity (Wildman–Crippen MR) is 70.1 cm³/mol. The van der Waals surface area contributed by atoms with Gasteiger partial charge < -0.3 is 4.74 Å². The molecule has 0 aliphatic rings. The van der Waals surface area contributed by atoms with Gasteiger partial charge in [-0.1, -0.05) is 31.5 Å². The topological polar surface area (TPSA) is 33.0 Å². The summed E-state index contributed by atoms with van der Waals surface area (Å²) >= 11 is 0. The van der Waals surface area contributed by atoms with Crippen molar-refractivity contribution in [2.75, 3.05) is 7.11 Å². The molecule has 0 atom stereocenters. The lowest BCUT2D eigenvalue weighted by Gasteiger charge is -2.24. The van der Waals surface area contributed by atoms with E-state index in [1.54, 1.807) is 7.11 Å². The molecule has 0 fully saturated rings. The minimum Gasteiger partial charge on any atom is -0.496 e. The van der Waals surface area contributed by atoms with Gasteiger partial charge in [0.2, 0.25) is 0 Å². The van der Waals surface area contributed by atoms with Crippen LogP contribution in [0, 0.1) is 23.7 Å². The monoisotopic (exact) mass is 231 g/mol. The van der Waals surface area contributed by atoms with Gasteiger partial charge in [0.15, 0.2) is 0 Å². The zero-order chi connectivity index (χ0) is 12.9. The SMILES string of the molecule is CCC(C#N)(CC)Cc1cc(C)ccc1OC. The third-order valence-electron chi connectivity index (χ3n) is 3.56. The molecule has 0 heterocycles. The first kappa shape index (κ1) is 13.6. The fourth-order valence-electron chi connectivity index (χ4n) is 2.11. The number of ether oxygens (including phenoxy) is 1. The number of aryl methyl sites for hydroxylation is 1. The highest BCUT2D eigenvalue weighted by Crippen LogP contribution is 2.33. The Balaban J connectivity index is 3.09. The molecule has 17 heavy (non-hydrogen) atoms. The highest BCUT2D eigenvalue weighted by Gasteiger charge is 2.27. The molecule has 1 aromatic rings. The first-order chi connectivity index (χ1) is 8.10. The maximum Gasteiger partial charge on any atom is 0.122 e. The van der Waals surface area contributed by atoms with Crippen molar-refractivity contribution in [3.63, 3.8) is 0 Å². The molecule has 0 aliphatic carbocycles. The Hall–Kier alpha value is -1.49. The number of nitriles is 1. The Kier molecular flexibility index (Phi) is 4.57. The van der Waals surface area contributed by atoms with Gasteiger partial charge in [-0.25, -0.2) is 0 Å². The Bertz CT molecular complexity index is 413. The van der Waals surface area contributed by atoms with Crippen LogP contribution in [-0.2, 0) is 6.42 Å². The summed E-state index contributed by atoms with van der Waals surface area (Å²) in [6.07, 6.45) is 2.51. The largest absolute Gasteiger partial charge is 0.496 e. The van der Waals surface area contributed by atoms with Gasteiger partial charge in [0.25, 0.3) is 0 Å². The summed E-state index contributed by atoms with van der Waals surface area (Å²) in [7, 11) is 1.68. The van der Waals surface area contributed by atoms with Crippen LogP contribution in [0.5, 0.6) is 5.75 Å². The lowest BCUT2D eigenvalue weighted by atomic mass is 9.78. The number of hydrogen-bond acceptors (Lipinski definition) is 2. The molecule has 1 rings (SSSR count). The molecule has 0 aromatic heterocycles. The van der Waals surface area contributed by atoms with Crippen molar-refractivity contribution in [1.82, 2.24) is 0 Å². The Labute approximate surface area is 104 Å². The summed E-state index contributed by atoms with van der Waals surface area (Å²) in [6, 6.07) is 8.62. The highest BCUT2D eigenvalue weighted by atomic mass is 16.5. The number of rotatable bonds is 5. The van der Waals surface area contributed by atoms with Gasteiger partial charge >= 0.3 is 0 Å². The van der Waals surface area contributed by atoms with Crippen LogP contribution in [-0.4, -0.2) is 7.11 Å². The molecule has 2 heteroatoms. The molecular weight excluding hydrogens is 210 g/mol. The number of hydrogen-bond donors (Lipinski definition) is 0. The van der Waals surface area contributed by atoms with E-state index in [0.717, 1.165) is 30.6 Å². The smallest absolute Gasteiger partial charge is 0.122 e. The minimum atomic E-state index is -0.263. The Morgan fingerprint density at radius 2 is 1.94 bits per heavy atom. The number of benzene rings is 1. The second-order valence-electron chi connectivity index (χ2n) is 4.59. The molecule has 1 aromatic carbocycles. The van der Waals surface area contributed by atoms with Crippen LogP contribution < -0.4 is 4.74 Å². The van der Waals surface area contributed by atoms with Gasteiger partial charge in [-0.05, 0) is 37.8 Å². The van der Waals surface area contributed by atoms with E-state index < -0.39 is 0 Å². The third-order valence-corrected chi connectivity index (χ3v) is 3.56. The van der Waals surface area contributed by atoms with Crippen molar-refractivity contribution in [2.24, 2.45) is 5.41 Å². The molecule has 2 nitrogen and oxygen atoms in total. The Morgan fingerprint density at radius 1 is 1.29 bits per heavy atom. The van der Waals surface area contributed by atoms with Gasteiger partial charge in [0, 0.05) is 0 Å². The van der Waals surface area contributed by atoms with E-state index in [0.29, 0.717) is 0 Å². The first-order valence-electron chi connectivity index (χ1n) is 6.15. The summed E-state index contributed by atoms with van der Waals surface area (Å²) in [5, 5.41) is 9.38. The first-order valence-corrected chi connectivity index (χ1v) is 6.15. The second kappa shape index (κ2) is 5.72. The summed E-state index contributed by atoms with van der Waals surface area (Å²) in [6.45, 7) is 6.22. The molecule has 0 aliphatic heterocycles. The molecule has 0 spiro atoms. The van der Waals surface area contributed by atoms with E-state index >= 15 is 0 Å². The molecule has 0 saturated heterocycles. The van der Waals surface area contributed by atoms with Gasteiger partial charge in [-0.3, -0.25) is 0 Å². The van der Waals surface area contributed by atoms with Gasteiger partial charge in [0.05, 0.1) is 18.6 Å². The Morgan fingerprint density at radius 3 is 2.41 bits per heavy atom. The van der Waals surface area contributed by atoms with Crippen molar-refractivity contribution in [3.8, 4) is 11.8 Å². The minimum absolute atomic E-state index is 0.263. The van der Waals surface area contributed by atoms with Crippen LogP contribution in [0.25, 0.3) is 0 Å². The molecule has 0 saturated carbocycles. The van der Waals surface area contributed by atoms with E-state index in [9.17, 15) is 5.26 Å². The van der Waals surface area contributed by atoms with E-state index in [2.05, 4.69) is 32.9 Å². The average molecular weight is 231 g/mol. The summed E-state index contributed by atoms with van der Waals surface area (Å²) < 4.78 is 5.37. The van der Waals surface area contributed by atoms with E-state index in [4.69, 9.17) is 4.74 Å². The van der Waals surface area contributed by atoms with Crippen LogP contribution in [0.4, 0.5) is 0 Å². The molecule has 0 bridgehead atoms.